The number of ether oxygens (including phenoxy) is 4. The van der Waals surface area contributed by atoms with Crippen LogP contribution in [0.3, 0.4) is 0 Å². The molecule has 0 bridgehead atoms. The molecule has 1 fully saturated rings. The molecule has 14 heteroatoms. The van der Waals surface area contributed by atoms with Crippen molar-refractivity contribution in [3.63, 3.8) is 0 Å². The summed E-state index contributed by atoms with van der Waals surface area (Å²) in [6.07, 6.45) is 1.08. The first-order valence-electron chi connectivity index (χ1n) is 18.8. The second-order valence-electron chi connectivity index (χ2n) is 14.2. The van der Waals surface area contributed by atoms with Gasteiger partial charge in [0.2, 0.25) is 0 Å². The number of hydrogen-bond acceptors (Lipinski definition) is 10. The molecule has 0 spiro atoms. The van der Waals surface area contributed by atoms with Crippen molar-refractivity contribution in [3.05, 3.63) is 129 Å². The minimum atomic E-state index is -1.48. The highest BCUT2D eigenvalue weighted by molar-refractivity contribution is 5.71. The number of esters is 2. The third-order valence-electron chi connectivity index (χ3n) is 10.6. The Morgan fingerprint density at radius 2 is 1.38 bits per heavy atom. The van der Waals surface area contributed by atoms with Crippen LogP contribution in [-0.2, 0) is 31.9 Å². The van der Waals surface area contributed by atoms with Crippen molar-refractivity contribution in [1.29, 1.82) is 0 Å². The van der Waals surface area contributed by atoms with E-state index in [4.69, 9.17) is 32.1 Å². The van der Waals surface area contributed by atoms with Crippen LogP contribution in [-0.4, -0.2) is 94.8 Å². The number of methoxy groups -OCH3 is 1. The van der Waals surface area contributed by atoms with E-state index in [0.717, 1.165) is 11.1 Å². The van der Waals surface area contributed by atoms with Crippen LogP contribution in [0, 0.1) is 37.1 Å². The standard InChI is InChI=1S/C44H50N4O10/c1-7-47-29(2)43(45-4,37-23-33(51)13-19-39(37)57-41(53)27-49)25-32-11-17-36(18-12-32)56-22-8-21-48-30(3)44(46-5,26-31-9-15-35(55-6)16-10-31)38-24-34(52)14-20-40(38)58-42(54)28-50/h9-12,14-18,20,33-34,37-40,49-52H,2-3,8,13,19,22-28H2,1,6H3/q+2. The Kier molecular flexibility index (Phi) is 16.2. The highest BCUT2D eigenvalue weighted by Gasteiger charge is 2.61. The van der Waals surface area contributed by atoms with E-state index in [1.807, 2.05) is 12.1 Å². The fourth-order valence-electron chi connectivity index (χ4n) is 7.62. The highest BCUT2D eigenvalue weighted by Crippen LogP contribution is 2.45. The summed E-state index contributed by atoms with van der Waals surface area (Å²) < 4.78 is 22.3. The second kappa shape index (κ2) is 21.0. The molecule has 0 saturated heterocycles. The molecule has 0 heterocycles. The minimum absolute atomic E-state index is 0.0712. The van der Waals surface area contributed by atoms with E-state index in [2.05, 4.69) is 44.7 Å². The first kappa shape index (κ1) is 44.7. The number of aliphatic hydroxyl groups is 4. The van der Waals surface area contributed by atoms with Crippen LogP contribution in [0.15, 0.2) is 85.2 Å². The van der Waals surface area contributed by atoms with Gasteiger partial charge in [0, 0.05) is 0 Å². The monoisotopic (exact) mass is 794 g/mol. The van der Waals surface area contributed by atoms with E-state index < -0.39 is 72.5 Å². The molecule has 2 aromatic carbocycles. The Morgan fingerprint density at radius 3 is 1.95 bits per heavy atom. The summed E-state index contributed by atoms with van der Waals surface area (Å²) in [5.74, 6) is -1.97. The third kappa shape index (κ3) is 10.9. The summed E-state index contributed by atoms with van der Waals surface area (Å²) >= 11 is 0. The molecule has 0 aliphatic heterocycles. The van der Waals surface area contributed by atoms with E-state index in [1.165, 1.54) is 12.2 Å². The Morgan fingerprint density at radius 1 is 0.810 bits per heavy atom. The van der Waals surface area contributed by atoms with Crippen LogP contribution in [0.1, 0.15) is 50.2 Å². The molecule has 2 aliphatic carbocycles. The molecule has 58 heavy (non-hydrogen) atoms. The van der Waals surface area contributed by atoms with Gasteiger partial charge in [-0.3, -0.25) is 9.69 Å². The second-order valence-corrected chi connectivity index (χ2v) is 14.2. The van der Waals surface area contributed by atoms with Gasteiger partial charge in [0.15, 0.2) is 0 Å². The van der Waals surface area contributed by atoms with Crippen LogP contribution in [0.5, 0.6) is 11.5 Å². The lowest BCUT2D eigenvalue weighted by molar-refractivity contribution is -0.160. The molecule has 0 aromatic heterocycles. The van der Waals surface area contributed by atoms with Crippen molar-refractivity contribution < 1.29 is 49.0 Å². The molecule has 0 amide bonds. The van der Waals surface area contributed by atoms with Crippen molar-refractivity contribution in [2.75, 3.05) is 26.9 Å². The average molecular weight is 795 g/mol. The largest absolute Gasteiger partial charge is 0.497 e. The number of carbonyl (C=O) groups excluding carboxylic acids is 2. The minimum Gasteiger partial charge on any atom is -0.497 e. The highest BCUT2D eigenvalue weighted by atomic mass is 16.6. The molecule has 14 nitrogen and oxygen atoms in total. The van der Waals surface area contributed by atoms with Gasteiger partial charge in [-0.05, 0) is 90.0 Å². The first-order chi connectivity index (χ1) is 27.9. The number of aliphatic hydroxyl groups excluding tert-OH is 4. The van der Waals surface area contributed by atoms with Crippen LogP contribution in [0.2, 0.25) is 0 Å². The lowest BCUT2D eigenvalue weighted by atomic mass is 9.68. The summed E-state index contributed by atoms with van der Waals surface area (Å²) in [5, 5.41) is 39.9. The van der Waals surface area contributed by atoms with E-state index in [0.29, 0.717) is 24.3 Å². The Bertz CT molecular complexity index is 2030. The Balaban J connectivity index is 1.51. The van der Waals surface area contributed by atoms with Gasteiger partial charge >= 0.3 is 34.4 Å². The van der Waals surface area contributed by atoms with Crippen molar-refractivity contribution in [3.8, 4) is 23.6 Å². The normalized spacial score (nSPS) is 23.0. The maximum Gasteiger partial charge on any atom is 0.394 e. The Labute approximate surface area is 338 Å². The predicted octanol–water partition coefficient (Wildman–Crippen LogP) is 5.18. The molecule has 8 unspecified atom stereocenters. The van der Waals surface area contributed by atoms with Gasteiger partial charge in [-0.25, -0.2) is 22.7 Å². The number of benzene rings is 2. The van der Waals surface area contributed by atoms with Crippen molar-refractivity contribution in [1.82, 2.24) is 0 Å². The Hall–Kier alpha value is -6.00. The van der Waals surface area contributed by atoms with Crippen LogP contribution < -0.4 is 9.47 Å². The van der Waals surface area contributed by atoms with Gasteiger partial charge in [0.05, 0.1) is 50.9 Å². The van der Waals surface area contributed by atoms with E-state index in [-0.39, 0.29) is 50.1 Å². The SMILES string of the molecule is [C-]#[N+]C(Cc1ccc(OC)cc1)(C(=C)[N+]#CCCOc1ccc(CC([N+]#[C-])(C(=C)[N+]#CC)C2CC(O)CCC2OC(=O)CO)cc1)C1CC(O)C=CC1OC(=O)CO. The summed E-state index contributed by atoms with van der Waals surface area (Å²) in [5.41, 5.74) is -1.00. The van der Waals surface area contributed by atoms with Crippen LogP contribution in [0.25, 0.3) is 19.4 Å². The van der Waals surface area contributed by atoms with E-state index in [1.54, 1.807) is 50.4 Å². The number of nitrogens with zero attached hydrogens (tertiary/aromatic N) is 4. The maximum atomic E-state index is 12.2. The van der Waals surface area contributed by atoms with E-state index >= 15 is 0 Å². The molecule has 0 radical (unpaired) electrons. The van der Waals surface area contributed by atoms with Crippen LogP contribution in [0.4, 0.5) is 0 Å². The number of hydrogen-bond donors (Lipinski definition) is 4. The molecule has 4 N–H and O–H groups in total. The molecule has 2 aromatic rings. The fraction of sp³-hybridized carbons (Fsp3) is 0.455. The van der Waals surface area contributed by atoms with Crippen molar-refractivity contribution in [2.45, 2.75) is 87.4 Å². The number of carbonyl (C=O) groups is 2. The fourth-order valence-corrected chi connectivity index (χ4v) is 7.62. The predicted molar refractivity (Wildman–Crippen MR) is 215 cm³/mol. The smallest absolute Gasteiger partial charge is 0.394 e. The summed E-state index contributed by atoms with van der Waals surface area (Å²) in [6.45, 7) is 25.1. The lowest BCUT2D eigenvalue weighted by Crippen LogP contribution is -2.50. The summed E-state index contributed by atoms with van der Waals surface area (Å²) in [6, 6.07) is 19.8. The molecular formula is C44H50N4O10+2. The molecule has 304 valence electrons. The molecule has 1 saturated carbocycles. The average Bonchev–Trinajstić information content (AvgIpc) is 3.23. The quantitative estimate of drug-likeness (QED) is 0.0769. The zero-order valence-corrected chi connectivity index (χ0v) is 32.8. The first-order valence-corrected chi connectivity index (χ1v) is 18.8. The van der Waals surface area contributed by atoms with Gasteiger partial charge < -0.3 is 39.4 Å². The maximum absolute atomic E-state index is 12.2. The molecule has 2 aliphatic rings. The lowest BCUT2D eigenvalue weighted by Gasteiger charge is -2.37. The van der Waals surface area contributed by atoms with E-state index in [9.17, 15) is 30.0 Å². The van der Waals surface area contributed by atoms with Gasteiger partial charge in [0.25, 0.3) is 12.1 Å². The van der Waals surface area contributed by atoms with Gasteiger partial charge in [-0.1, -0.05) is 30.3 Å². The van der Waals surface area contributed by atoms with Crippen molar-refractivity contribution in [2.24, 2.45) is 11.8 Å². The third-order valence-corrected chi connectivity index (χ3v) is 10.6. The van der Waals surface area contributed by atoms with Gasteiger partial charge in [-0.15, -0.1) is 0 Å². The summed E-state index contributed by atoms with van der Waals surface area (Å²) in [4.78, 5) is 41.0. The molecular weight excluding hydrogens is 745 g/mol. The van der Waals surface area contributed by atoms with Gasteiger partial charge in [0.1, 0.15) is 49.9 Å². The zero-order chi connectivity index (χ0) is 42.3. The topological polar surface area (TPSA) is 169 Å². The zero-order valence-electron chi connectivity index (χ0n) is 32.8. The summed E-state index contributed by atoms with van der Waals surface area (Å²) in [7, 11) is 1.55. The van der Waals surface area contributed by atoms with Crippen LogP contribution >= 0.6 is 0 Å². The van der Waals surface area contributed by atoms with Crippen molar-refractivity contribution >= 4 is 11.9 Å². The molecule has 4 rings (SSSR count). The number of rotatable bonds is 16. The molecule has 8 atom stereocenters. The van der Waals surface area contributed by atoms with Gasteiger partial charge in [-0.2, -0.15) is 0 Å².